The Hall–Kier alpha value is -0.890. The van der Waals surface area contributed by atoms with Gasteiger partial charge in [-0.1, -0.05) is 32.4 Å². The Labute approximate surface area is 88.4 Å². The van der Waals surface area contributed by atoms with Gasteiger partial charge in [-0.05, 0) is 12.5 Å². The molecule has 0 bridgehead atoms. The fourth-order valence-electron chi connectivity index (χ4n) is 0.648. The normalized spacial score (nSPS) is 12.6. The van der Waals surface area contributed by atoms with Crippen molar-refractivity contribution in [2.24, 2.45) is 4.99 Å². The van der Waals surface area contributed by atoms with Gasteiger partial charge in [0.05, 0.1) is 6.10 Å². The molecule has 0 radical (unpaired) electrons. The molecule has 0 aliphatic carbocycles. The van der Waals surface area contributed by atoms with Gasteiger partial charge in [0, 0.05) is 20.4 Å². The number of ether oxygens (including phenoxy) is 1. The quantitative estimate of drug-likeness (QED) is 0.489. The molecule has 0 aliphatic heterocycles. The van der Waals surface area contributed by atoms with Gasteiger partial charge in [-0.15, -0.1) is 6.58 Å². The smallest absolute Gasteiger partial charge is 0.0783 e. The lowest BCUT2D eigenvalue weighted by Crippen LogP contribution is -2.03. The minimum atomic E-state index is 0.122. The predicted octanol–water partition coefficient (Wildman–Crippen LogP) is 3.25. The molecule has 0 saturated heterocycles. The van der Waals surface area contributed by atoms with Crippen LogP contribution in [0, 0.1) is 0 Å². The van der Waals surface area contributed by atoms with Crippen LogP contribution in [0.4, 0.5) is 0 Å². The van der Waals surface area contributed by atoms with Gasteiger partial charge in [-0.3, -0.25) is 4.99 Å². The molecule has 0 aromatic heterocycles. The van der Waals surface area contributed by atoms with E-state index in [2.05, 4.69) is 25.4 Å². The summed E-state index contributed by atoms with van der Waals surface area (Å²) in [7, 11) is 3.42. The van der Waals surface area contributed by atoms with Gasteiger partial charge in [0.2, 0.25) is 0 Å². The highest BCUT2D eigenvalue weighted by Crippen LogP contribution is 1.97. The predicted molar refractivity (Wildman–Crippen MR) is 65.1 cm³/mol. The van der Waals surface area contributed by atoms with E-state index in [1.165, 1.54) is 6.42 Å². The van der Waals surface area contributed by atoms with E-state index in [4.69, 9.17) is 4.74 Å². The minimum absolute atomic E-state index is 0.122. The Kier molecular flexibility index (Phi) is 16.3. The van der Waals surface area contributed by atoms with Crippen molar-refractivity contribution in [1.29, 1.82) is 0 Å². The summed E-state index contributed by atoms with van der Waals surface area (Å²) in [6.45, 7) is 7.89. The van der Waals surface area contributed by atoms with Gasteiger partial charge >= 0.3 is 0 Å². The molecule has 0 heterocycles. The molecule has 0 saturated carbocycles. The van der Waals surface area contributed by atoms with E-state index in [1.54, 1.807) is 26.4 Å². The van der Waals surface area contributed by atoms with Crippen LogP contribution in [0.15, 0.2) is 29.8 Å². The van der Waals surface area contributed by atoms with Gasteiger partial charge < -0.3 is 4.74 Å². The molecule has 0 aromatic rings. The zero-order valence-corrected chi connectivity index (χ0v) is 9.86. The zero-order valence-electron chi connectivity index (χ0n) is 9.86. The molecule has 2 nitrogen and oxygen atoms in total. The molecule has 0 aromatic carbocycles. The monoisotopic (exact) mass is 197 g/mol. The third kappa shape index (κ3) is 13.7. The molecular formula is C12H23NO. The summed E-state index contributed by atoms with van der Waals surface area (Å²) in [4.78, 5) is 3.81. The second-order valence-electron chi connectivity index (χ2n) is 2.79. The zero-order chi connectivity index (χ0) is 11.2. The van der Waals surface area contributed by atoms with Crippen LogP contribution in [0.3, 0.4) is 0 Å². The van der Waals surface area contributed by atoms with E-state index in [0.29, 0.717) is 0 Å². The average molecular weight is 197 g/mol. The number of hydrogen-bond donors (Lipinski definition) is 0. The molecule has 1 unspecified atom stereocenters. The van der Waals surface area contributed by atoms with Crippen molar-refractivity contribution in [3.63, 3.8) is 0 Å². The average Bonchev–Trinajstić information content (AvgIpc) is 2.20. The lowest BCUT2D eigenvalue weighted by atomic mass is 10.2. The van der Waals surface area contributed by atoms with Gasteiger partial charge in [-0.25, -0.2) is 0 Å². The van der Waals surface area contributed by atoms with Gasteiger partial charge in [-0.2, -0.15) is 0 Å². The summed E-state index contributed by atoms with van der Waals surface area (Å²) in [6, 6.07) is 0. The largest absolute Gasteiger partial charge is 0.377 e. The maximum absolute atomic E-state index is 5.07. The van der Waals surface area contributed by atoms with E-state index in [-0.39, 0.29) is 6.10 Å². The molecular weight excluding hydrogens is 174 g/mol. The molecule has 82 valence electrons. The molecule has 0 rings (SSSR count). The third-order valence-corrected chi connectivity index (χ3v) is 1.31. The topological polar surface area (TPSA) is 21.6 Å². The van der Waals surface area contributed by atoms with Crippen molar-refractivity contribution in [3.05, 3.63) is 24.8 Å². The third-order valence-electron chi connectivity index (χ3n) is 1.31. The van der Waals surface area contributed by atoms with Gasteiger partial charge in [0.25, 0.3) is 0 Å². The number of hydrogen-bond acceptors (Lipinski definition) is 2. The SMILES string of the molecule is C=CC(C/C=C/C=NC)OC.CCC. The summed E-state index contributed by atoms with van der Waals surface area (Å²) in [6.07, 6.45) is 9.66. The van der Waals surface area contributed by atoms with Crippen LogP contribution in [0.2, 0.25) is 0 Å². The van der Waals surface area contributed by atoms with Gasteiger partial charge in [0.15, 0.2) is 0 Å². The highest BCUT2D eigenvalue weighted by Gasteiger charge is 1.95. The lowest BCUT2D eigenvalue weighted by Gasteiger charge is -2.05. The van der Waals surface area contributed by atoms with Crippen molar-refractivity contribution in [1.82, 2.24) is 0 Å². The van der Waals surface area contributed by atoms with E-state index >= 15 is 0 Å². The second kappa shape index (κ2) is 14.6. The first-order valence-corrected chi connectivity index (χ1v) is 4.99. The summed E-state index contributed by atoms with van der Waals surface area (Å²) >= 11 is 0. The maximum Gasteiger partial charge on any atom is 0.0783 e. The standard InChI is InChI=1S/C9H15NO.C3H8/c1-4-9(11-3)7-5-6-8-10-2;1-3-2/h4-6,8-9H,1,7H2,2-3H3;3H2,1-2H3/b6-5+,10-8?;. The van der Waals surface area contributed by atoms with Crippen molar-refractivity contribution in [3.8, 4) is 0 Å². The van der Waals surface area contributed by atoms with Crippen LogP contribution in [0.1, 0.15) is 26.7 Å². The molecule has 14 heavy (non-hydrogen) atoms. The van der Waals surface area contributed by atoms with Crippen LogP contribution in [0.5, 0.6) is 0 Å². The van der Waals surface area contributed by atoms with Crippen molar-refractivity contribution in [2.45, 2.75) is 32.8 Å². The van der Waals surface area contributed by atoms with Gasteiger partial charge in [0.1, 0.15) is 0 Å². The lowest BCUT2D eigenvalue weighted by molar-refractivity contribution is 0.144. The summed E-state index contributed by atoms with van der Waals surface area (Å²) in [5, 5.41) is 0. The molecule has 0 spiro atoms. The van der Waals surface area contributed by atoms with Crippen LogP contribution in [-0.4, -0.2) is 26.5 Å². The Bertz CT molecular complexity index is 162. The fraction of sp³-hybridized carbons (Fsp3) is 0.583. The minimum Gasteiger partial charge on any atom is -0.377 e. The molecule has 0 aliphatic rings. The number of aliphatic imine (C=N–C) groups is 1. The first kappa shape index (κ1) is 15.6. The summed E-state index contributed by atoms with van der Waals surface area (Å²) in [5.41, 5.74) is 0. The Morgan fingerprint density at radius 2 is 2.00 bits per heavy atom. The molecule has 1 atom stereocenters. The van der Waals surface area contributed by atoms with Crippen LogP contribution in [-0.2, 0) is 4.74 Å². The van der Waals surface area contributed by atoms with Crippen molar-refractivity contribution in [2.75, 3.05) is 14.2 Å². The maximum atomic E-state index is 5.07. The Balaban J connectivity index is 0. The van der Waals surface area contributed by atoms with Crippen LogP contribution >= 0.6 is 0 Å². The van der Waals surface area contributed by atoms with E-state index in [0.717, 1.165) is 6.42 Å². The number of rotatable bonds is 5. The first-order chi connectivity index (χ1) is 6.76. The molecule has 0 N–H and O–H groups in total. The second-order valence-corrected chi connectivity index (χ2v) is 2.79. The van der Waals surface area contributed by atoms with Crippen LogP contribution in [0.25, 0.3) is 0 Å². The summed E-state index contributed by atoms with van der Waals surface area (Å²) in [5.74, 6) is 0. The van der Waals surface area contributed by atoms with Crippen molar-refractivity contribution < 1.29 is 4.74 Å². The number of methoxy groups -OCH3 is 1. The van der Waals surface area contributed by atoms with E-state index in [9.17, 15) is 0 Å². The van der Waals surface area contributed by atoms with Crippen LogP contribution < -0.4 is 0 Å². The molecule has 2 heteroatoms. The van der Waals surface area contributed by atoms with Crippen molar-refractivity contribution >= 4 is 6.21 Å². The molecule has 0 fully saturated rings. The molecule has 0 amide bonds. The Morgan fingerprint density at radius 1 is 1.43 bits per heavy atom. The highest BCUT2D eigenvalue weighted by atomic mass is 16.5. The Morgan fingerprint density at radius 3 is 2.36 bits per heavy atom. The van der Waals surface area contributed by atoms with E-state index < -0.39 is 0 Å². The highest BCUT2D eigenvalue weighted by molar-refractivity contribution is 5.70. The fourth-order valence-corrected chi connectivity index (χ4v) is 0.648. The number of allylic oxidation sites excluding steroid dienone is 1. The van der Waals surface area contributed by atoms with E-state index in [1.807, 2.05) is 12.2 Å². The summed E-state index contributed by atoms with van der Waals surface area (Å²) < 4.78 is 5.07. The first-order valence-electron chi connectivity index (χ1n) is 4.99. The number of nitrogens with zero attached hydrogens (tertiary/aromatic N) is 1.